The van der Waals surface area contributed by atoms with Crippen LogP contribution in [-0.4, -0.2) is 23.6 Å². The van der Waals surface area contributed by atoms with Gasteiger partial charge in [0.15, 0.2) is 0 Å². The molecule has 2 aliphatic heterocycles. The first kappa shape index (κ1) is 15.9. The van der Waals surface area contributed by atoms with Crippen LogP contribution in [0.5, 0.6) is 0 Å². The molecule has 0 aliphatic carbocycles. The number of hydrogen-bond acceptors (Lipinski definition) is 6. The van der Waals surface area contributed by atoms with Gasteiger partial charge in [-0.2, -0.15) is 0 Å². The molecule has 0 unspecified atom stereocenters. The molecule has 0 saturated heterocycles. The summed E-state index contributed by atoms with van der Waals surface area (Å²) < 4.78 is 0. The molecule has 0 spiro atoms. The van der Waals surface area contributed by atoms with E-state index in [-0.39, 0.29) is 38.6 Å². The van der Waals surface area contributed by atoms with Crippen molar-refractivity contribution in [2.45, 2.75) is 0 Å². The van der Waals surface area contributed by atoms with Crippen LogP contribution >= 0.6 is 19.6 Å². The van der Waals surface area contributed by atoms with Crippen LogP contribution in [0.2, 0.25) is 0 Å². The van der Waals surface area contributed by atoms with Gasteiger partial charge < -0.3 is 0 Å². The number of hydrogen-bond donors (Lipinski definition) is 2. The Morgan fingerprint density at radius 1 is 0.706 bits per heavy atom. The number of rotatable bonds is 0. The maximum absolute atomic E-state index is 10.0. The zero-order chi connectivity index (χ0) is 13.3. The molecule has 0 aromatic heterocycles. The molecule has 90 valence electrons. The summed E-state index contributed by atoms with van der Waals surface area (Å²) in [5.74, 6) is -1.31. The molecule has 2 aliphatic rings. The van der Waals surface area contributed by atoms with E-state index in [0.717, 1.165) is 0 Å². The summed E-state index contributed by atoms with van der Waals surface area (Å²) in [6, 6.07) is 0. The molecular formula is C8H6MoN2O4S2. The van der Waals surface area contributed by atoms with Crippen LogP contribution in [0.25, 0.3) is 0 Å². The van der Waals surface area contributed by atoms with Gasteiger partial charge in [0, 0.05) is 24.3 Å². The molecule has 0 bridgehead atoms. The van der Waals surface area contributed by atoms with Gasteiger partial charge in [0.05, 0.1) is 0 Å². The molecule has 9 heteroatoms. The van der Waals surface area contributed by atoms with Crippen LogP contribution in [0.1, 0.15) is 0 Å². The fourth-order valence-corrected chi connectivity index (χ4v) is 0.712. The summed E-state index contributed by atoms with van der Waals surface area (Å²) in [7, 11) is 8.68. The molecule has 2 rings (SSSR count). The molecule has 17 heavy (non-hydrogen) atoms. The van der Waals surface area contributed by atoms with Gasteiger partial charge in [0.2, 0.25) is 0 Å². The van der Waals surface area contributed by atoms with E-state index >= 15 is 0 Å². The third kappa shape index (κ3) is 8.67. The Balaban J connectivity index is 0.000000247. The zero-order valence-electron chi connectivity index (χ0n) is 8.17. The number of nitrogens with one attached hydrogen (secondary N) is 2. The number of carbonyl (C=O) groups is 4. The van der Waals surface area contributed by atoms with Crippen molar-refractivity contribution in [2.24, 2.45) is 0 Å². The third-order valence-corrected chi connectivity index (χ3v) is 1.26. The monoisotopic (exact) mass is 356 g/mol. The van der Waals surface area contributed by atoms with Crippen LogP contribution in [0.15, 0.2) is 24.3 Å². The van der Waals surface area contributed by atoms with Crippen LogP contribution in [0.4, 0.5) is 0 Å². The van der Waals surface area contributed by atoms with E-state index < -0.39 is 0 Å². The summed E-state index contributed by atoms with van der Waals surface area (Å²) in [4.78, 5) is 40.1. The first-order valence-electron chi connectivity index (χ1n) is 3.97. The van der Waals surface area contributed by atoms with E-state index in [9.17, 15) is 19.2 Å². The number of amides is 4. The summed E-state index contributed by atoms with van der Waals surface area (Å²) >= 11 is -0.363. The van der Waals surface area contributed by atoms with Gasteiger partial charge in [-0.15, -0.1) is 0 Å². The van der Waals surface area contributed by atoms with Gasteiger partial charge in [0.25, 0.3) is 23.6 Å². The Morgan fingerprint density at radius 3 is 0.941 bits per heavy atom. The minimum atomic E-state index is -0.363. The molecule has 0 radical (unpaired) electrons. The van der Waals surface area contributed by atoms with Crippen molar-refractivity contribution in [1.29, 1.82) is 0 Å². The second-order valence-corrected chi connectivity index (χ2v) is 6.00. The zero-order valence-corrected chi connectivity index (χ0v) is 11.8. The van der Waals surface area contributed by atoms with Crippen LogP contribution in [0, 0.1) is 0 Å². The normalized spacial score (nSPS) is 15.3. The second kappa shape index (κ2) is 8.97. The van der Waals surface area contributed by atoms with Crippen LogP contribution < -0.4 is 10.6 Å². The average Bonchev–Trinajstić information content (AvgIpc) is 2.78. The fourth-order valence-electron chi connectivity index (χ4n) is 0.712. The predicted molar refractivity (Wildman–Crippen MR) is 59.8 cm³/mol. The van der Waals surface area contributed by atoms with Gasteiger partial charge in [-0.1, -0.05) is 0 Å². The molecule has 4 amide bonds. The van der Waals surface area contributed by atoms with E-state index in [0.29, 0.717) is 0 Å². The molecule has 6 nitrogen and oxygen atoms in total. The Labute approximate surface area is 112 Å². The molecule has 0 saturated carbocycles. The predicted octanol–water partition coefficient (Wildman–Crippen LogP) is -0.308. The second-order valence-electron chi connectivity index (χ2n) is 2.44. The fraction of sp³-hybridized carbons (Fsp3) is 0. The van der Waals surface area contributed by atoms with Gasteiger partial charge in [0.1, 0.15) is 0 Å². The van der Waals surface area contributed by atoms with Gasteiger partial charge >= 0.3 is 34.6 Å². The van der Waals surface area contributed by atoms with Gasteiger partial charge in [-0.05, 0) is 0 Å². The minimum absolute atomic E-state index is 0.329. The van der Waals surface area contributed by atoms with Crippen LogP contribution in [0.3, 0.4) is 0 Å². The van der Waals surface area contributed by atoms with Crippen molar-refractivity contribution in [2.75, 3.05) is 0 Å². The Morgan fingerprint density at radius 2 is 0.882 bits per heavy atom. The Bertz CT molecular complexity index is 384. The molecule has 0 atom stereocenters. The van der Waals surface area contributed by atoms with E-state index in [2.05, 4.69) is 19.6 Å². The molecule has 0 aromatic carbocycles. The molecule has 0 fully saturated rings. The van der Waals surface area contributed by atoms with Crippen LogP contribution in [-0.2, 0) is 34.1 Å². The topological polar surface area (TPSA) is 92.3 Å². The number of imide groups is 2. The molecule has 0 aromatic rings. The van der Waals surface area contributed by atoms with E-state index in [1.807, 2.05) is 10.6 Å². The molecule has 2 heterocycles. The van der Waals surface area contributed by atoms with Crippen molar-refractivity contribution in [3.8, 4) is 0 Å². The summed E-state index contributed by atoms with van der Waals surface area (Å²) in [5, 5.41) is 4.06. The van der Waals surface area contributed by atoms with Crippen molar-refractivity contribution in [1.82, 2.24) is 10.6 Å². The van der Waals surface area contributed by atoms with Crippen molar-refractivity contribution in [3.63, 3.8) is 0 Å². The van der Waals surface area contributed by atoms with E-state index in [1.54, 1.807) is 0 Å². The standard InChI is InChI=1S/2C4H3NO2.Mo.2S/c2*6-3-1-2-4(7)5-3;;;/h2*1-2H,(H,5,6,7);;;. The van der Waals surface area contributed by atoms with Gasteiger partial charge in [-0.3, -0.25) is 29.8 Å². The van der Waals surface area contributed by atoms with Gasteiger partial charge in [-0.25, -0.2) is 0 Å². The van der Waals surface area contributed by atoms with Crippen molar-refractivity contribution < 1.29 is 34.1 Å². The van der Waals surface area contributed by atoms with Crippen molar-refractivity contribution >= 4 is 43.3 Å². The Hall–Kier alpha value is -1.11. The number of carbonyl (C=O) groups excluding carboxylic acids is 4. The summed E-state index contributed by atoms with van der Waals surface area (Å²) in [5.41, 5.74) is 0. The first-order chi connectivity index (χ1) is 7.99. The SMILES string of the molecule is O=C1C=CC(=O)N1.O=C1C=CC(=O)N1.[S]=[Mo]=[S]. The quantitative estimate of drug-likeness (QED) is 0.458. The van der Waals surface area contributed by atoms with E-state index in [1.165, 1.54) is 24.3 Å². The van der Waals surface area contributed by atoms with E-state index in [4.69, 9.17) is 0 Å². The average molecular weight is 354 g/mol. The Kier molecular flexibility index (Phi) is 8.39. The first-order valence-corrected chi connectivity index (χ1v) is 9.55. The molecule has 2 N–H and O–H groups in total. The van der Waals surface area contributed by atoms with Crippen molar-refractivity contribution in [3.05, 3.63) is 24.3 Å². The third-order valence-electron chi connectivity index (χ3n) is 1.26. The molecular weight excluding hydrogens is 348 g/mol. The summed E-state index contributed by atoms with van der Waals surface area (Å²) in [6.07, 6.45) is 4.79. The summed E-state index contributed by atoms with van der Waals surface area (Å²) in [6.45, 7) is 0. The maximum atomic E-state index is 10.0.